The van der Waals surface area contributed by atoms with Crippen LogP contribution in [0.4, 0.5) is 0 Å². The van der Waals surface area contributed by atoms with E-state index in [4.69, 9.17) is 23.8 Å². The van der Waals surface area contributed by atoms with E-state index in [-0.39, 0.29) is 11.8 Å². The molecule has 0 saturated carbocycles. The molecule has 0 unspecified atom stereocenters. The number of likely N-dealkylation sites (N-methyl/N-ethyl adjacent to an activating group) is 2. The van der Waals surface area contributed by atoms with E-state index in [1.165, 1.54) is 0 Å². The van der Waals surface area contributed by atoms with E-state index in [1.807, 2.05) is 89.8 Å². The Morgan fingerprint density at radius 3 is 2.26 bits per heavy atom. The van der Waals surface area contributed by atoms with E-state index in [2.05, 4.69) is 5.32 Å². The summed E-state index contributed by atoms with van der Waals surface area (Å²) >= 11 is 12.0. The highest BCUT2D eigenvalue weighted by Crippen LogP contribution is 2.23. The highest BCUT2D eigenvalue weighted by molar-refractivity contribution is 7.80. The van der Waals surface area contributed by atoms with Crippen molar-refractivity contribution < 1.29 is 9.59 Å². The molecule has 0 aromatic heterocycles. The predicted molar refractivity (Wildman–Crippen MR) is 160 cm³/mol. The summed E-state index contributed by atoms with van der Waals surface area (Å²) in [5.41, 5.74) is 2.98. The van der Waals surface area contributed by atoms with E-state index < -0.39 is 12.1 Å². The molecule has 4 rings (SSSR count). The van der Waals surface area contributed by atoms with Crippen molar-refractivity contribution in [2.75, 3.05) is 20.6 Å². The maximum absolute atomic E-state index is 13.9. The third kappa shape index (κ3) is 7.37. The number of hydrogen-bond donors (Lipinski definition) is 1. The number of rotatable bonds is 9. The van der Waals surface area contributed by atoms with Gasteiger partial charge in [0, 0.05) is 45.2 Å². The molecule has 2 atom stereocenters. The van der Waals surface area contributed by atoms with Gasteiger partial charge in [-0.15, -0.1) is 0 Å². The van der Waals surface area contributed by atoms with Crippen molar-refractivity contribution in [2.45, 2.75) is 44.4 Å². The Balaban J connectivity index is 1.48. The van der Waals surface area contributed by atoms with E-state index >= 15 is 0 Å². The van der Waals surface area contributed by atoms with Crippen LogP contribution in [0, 0.1) is 0 Å². The molecule has 1 saturated heterocycles. The van der Waals surface area contributed by atoms with Crippen molar-refractivity contribution in [3.63, 3.8) is 0 Å². The van der Waals surface area contributed by atoms with Gasteiger partial charge in [-0.25, -0.2) is 0 Å². The molecular formula is C31H35ClN4O2S. The Morgan fingerprint density at radius 1 is 0.974 bits per heavy atom. The van der Waals surface area contributed by atoms with Gasteiger partial charge in [0.2, 0.25) is 11.8 Å². The molecule has 39 heavy (non-hydrogen) atoms. The summed E-state index contributed by atoms with van der Waals surface area (Å²) < 4.78 is 0. The second-order valence-electron chi connectivity index (χ2n) is 9.94. The zero-order valence-electron chi connectivity index (χ0n) is 22.4. The van der Waals surface area contributed by atoms with Crippen LogP contribution in [0.15, 0.2) is 84.9 Å². The summed E-state index contributed by atoms with van der Waals surface area (Å²) in [5, 5.41) is 4.46. The van der Waals surface area contributed by atoms with Crippen LogP contribution in [0.5, 0.6) is 0 Å². The number of amides is 2. The molecule has 1 heterocycles. The van der Waals surface area contributed by atoms with Gasteiger partial charge in [-0.1, -0.05) is 90.5 Å². The summed E-state index contributed by atoms with van der Waals surface area (Å²) in [4.78, 5) is 33.0. The molecule has 1 aliphatic heterocycles. The molecular weight excluding hydrogens is 528 g/mol. The van der Waals surface area contributed by atoms with E-state index in [9.17, 15) is 9.59 Å². The minimum Gasteiger partial charge on any atom is -0.358 e. The summed E-state index contributed by atoms with van der Waals surface area (Å²) in [6.07, 6.45) is 1.97. The van der Waals surface area contributed by atoms with Crippen LogP contribution in [-0.2, 0) is 29.1 Å². The normalized spacial score (nSPS) is 15.5. The second-order valence-corrected chi connectivity index (χ2v) is 10.7. The molecule has 1 N–H and O–H groups in total. The third-order valence-corrected chi connectivity index (χ3v) is 7.95. The molecule has 1 aliphatic rings. The van der Waals surface area contributed by atoms with Crippen LogP contribution < -0.4 is 5.32 Å². The number of likely N-dealkylation sites (tertiary alicyclic amines) is 1. The smallest absolute Gasteiger partial charge is 0.245 e. The fourth-order valence-corrected chi connectivity index (χ4v) is 5.48. The maximum Gasteiger partial charge on any atom is 0.245 e. The number of thiocarbonyl (C=S) groups is 1. The van der Waals surface area contributed by atoms with Gasteiger partial charge >= 0.3 is 0 Å². The maximum atomic E-state index is 13.9. The molecule has 1 fully saturated rings. The molecule has 8 heteroatoms. The van der Waals surface area contributed by atoms with Crippen molar-refractivity contribution in [2.24, 2.45) is 0 Å². The van der Waals surface area contributed by atoms with E-state index in [0.29, 0.717) is 42.6 Å². The van der Waals surface area contributed by atoms with Crippen molar-refractivity contribution in [3.8, 4) is 0 Å². The SMILES string of the molecule is CN(Cc1ccccc1)C(=O)[C@H](Cc1ccccc1)N(C)C(=O)[C@@H]1CCCN1C(=S)NCc1ccccc1Cl. The number of halogens is 1. The van der Waals surface area contributed by atoms with Gasteiger partial charge in [0.05, 0.1) is 0 Å². The van der Waals surface area contributed by atoms with Crippen molar-refractivity contribution in [1.29, 1.82) is 0 Å². The molecule has 0 radical (unpaired) electrons. The summed E-state index contributed by atoms with van der Waals surface area (Å²) in [6, 6.07) is 26.3. The lowest BCUT2D eigenvalue weighted by Crippen LogP contribution is -2.55. The summed E-state index contributed by atoms with van der Waals surface area (Å²) in [5.74, 6) is -0.195. The lowest BCUT2D eigenvalue weighted by Gasteiger charge is -2.35. The highest BCUT2D eigenvalue weighted by Gasteiger charge is 2.38. The Hall–Kier alpha value is -3.42. The van der Waals surface area contributed by atoms with Gasteiger partial charge in [-0.2, -0.15) is 0 Å². The number of carbonyl (C=O) groups is 2. The monoisotopic (exact) mass is 562 g/mol. The summed E-state index contributed by atoms with van der Waals surface area (Å²) in [7, 11) is 3.53. The van der Waals surface area contributed by atoms with Crippen LogP contribution in [0.1, 0.15) is 29.5 Å². The van der Waals surface area contributed by atoms with Gasteiger partial charge in [0.15, 0.2) is 5.11 Å². The Labute approximate surface area is 241 Å². The molecule has 0 bridgehead atoms. The average Bonchev–Trinajstić information content (AvgIpc) is 3.45. The number of carbonyl (C=O) groups excluding carboxylic acids is 2. The minimum atomic E-state index is -0.638. The highest BCUT2D eigenvalue weighted by atomic mass is 35.5. The zero-order valence-corrected chi connectivity index (χ0v) is 24.0. The minimum absolute atomic E-state index is 0.0949. The largest absolute Gasteiger partial charge is 0.358 e. The molecule has 204 valence electrons. The summed E-state index contributed by atoms with van der Waals surface area (Å²) in [6.45, 7) is 1.63. The number of hydrogen-bond acceptors (Lipinski definition) is 3. The van der Waals surface area contributed by atoms with Crippen molar-refractivity contribution in [1.82, 2.24) is 20.0 Å². The third-order valence-electron chi connectivity index (χ3n) is 7.20. The molecule has 3 aromatic carbocycles. The fourth-order valence-electron chi connectivity index (χ4n) is 4.99. The van der Waals surface area contributed by atoms with Crippen LogP contribution in [-0.4, -0.2) is 64.4 Å². The molecule has 0 spiro atoms. The van der Waals surface area contributed by atoms with E-state index in [0.717, 1.165) is 23.1 Å². The van der Waals surface area contributed by atoms with Crippen LogP contribution in [0.3, 0.4) is 0 Å². The Bertz CT molecular complexity index is 1270. The number of nitrogens with zero attached hydrogens (tertiary/aromatic N) is 3. The standard InChI is InChI=1S/C31H35ClN4O2S/c1-34(22-24-14-7-4-8-15-24)29(37)28(20-23-12-5-3-6-13-23)35(2)30(38)27-18-11-19-36(27)31(39)33-21-25-16-9-10-17-26(25)32/h3-10,12-17,27-28H,11,18-22H2,1-2H3,(H,33,39)/t27-,28-/m0/s1. The fraction of sp³-hybridized carbons (Fsp3) is 0.323. The van der Waals surface area contributed by atoms with Gasteiger partial charge in [-0.05, 0) is 47.8 Å². The first-order valence-electron chi connectivity index (χ1n) is 13.2. The van der Waals surface area contributed by atoms with Crippen LogP contribution >= 0.6 is 23.8 Å². The number of benzene rings is 3. The predicted octanol–water partition coefficient (Wildman–Crippen LogP) is 4.91. The van der Waals surface area contributed by atoms with Gasteiger partial charge < -0.3 is 20.0 Å². The zero-order chi connectivity index (χ0) is 27.8. The lowest BCUT2D eigenvalue weighted by atomic mass is 10.0. The van der Waals surface area contributed by atoms with Crippen molar-refractivity contribution in [3.05, 3.63) is 107 Å². The van der Waals surface area contributed by atoms with E-state index in [1.54, 1.807) is 23.9 Å². The van der Waals surface area contributed by atoms with Gasteiger partial charge in [0.25, 0.3) is 0 Å². The number of nitrogens with one attached hydrogen (secondary N) is 1. The van der Waals surface area contributed by atoms with Crippen molar-refractivity contribution >= 4 is 40.7 Å². The molecule has 2 amide bonds. The molecule has 3 aromatic rings. The molecule has 0 aliphatic carbocycles. The molecule has 6 nitrogen and oxygen atoms in total. The van der Waals surface area contributed by atoms with Gasteiger partial charge in [-0.3, -0.25) is 9.59 Å². The Morgan fingerprint density at radius 2 is 1.59 bits per heavy atom. The quantitative estimate of drug-likeness (QED) is 0.376. The Kier molecular flexibility index (Phi) is 9.96. The van der Waals surface area contributed by atoms with Gasteiger partial charge in [0.1, 0.15) is 12.1 Å². The first-order valence-corrected chi connectivity index (χ1v) is 14.0. The first kappa shape index (κ1) is 28.6. The first-order chi connectivity index (χ1) is 18.8. The van der Waals surface area contributed by atoms with Crippen LogP contribution in [0.25, 0.3) is 0 Å². The van der Waals surface area contributed by atoms with Crippen LogP contribution in [0.2, 0.25) is 5.02 Å². The lowest BCUT2D eigenvalue weighted by molar-refractivity contribution is -0.145. The average molecular weight is 563 g/mol. The topological polar surface area (TPSA) is 55.9 Å². The second kappa shape index (κ2) is 13.6.